The normalized spacial score (nSPS) is 46.0. The maximum atomic E-state index is 16.3. The van der Waals surface area contributed by atoms with Gasteiger partial charge in [-0.15, -0.1) is 0 Å². The molecule has 9 fully saturated rings. The number of cyclic esters (lactones) is 1. The fourth-order valence-electron chi connectivity index (χ4n) is 18.4. The zero-order chi connectivity index (χ0) is 49.3. The maximum absolute atomic E-state index is 16.3. The second kappa shape index (κ2) is 17.5. The Morgan fingerprint density at radius 3 is 2.52 bits per heavy atom. The van der Waals surface area contributed by atoms with E-state index >= 15 is 9.59 Å². The summed E-state index contributed by atoms with van der Waals surface area (Å²) >= 11 is 0. The number of ether oxygens (including phenoxy) is 4. The lowest BCUT2D eigenvalue weighted by atomic mass is 9.31. The largest absolute Gasteiger partial charge is 0.469 e. The van der Waals surface area contributed by atoms with E-state index in [1.54, 1.807) is 6.26 Å². The fourth-order valence-corrected chi connectivity index (χ4v) is 18.4. The molecule has 13 heteroatoms. The number of epoxide rings is 1. The number of aliphatic hydroxyl groups excluding tert-OH is 3. The molecule has 2 aromatic rings. The number of rotatable bonds is 12. The Kier molecular flexibility index (Phi) is 11.9. The number of nitrogens with one attached hydrogen (secondary N) is 2. The molecule has 10 aliphatic rings. The molecular formula is C58H76N2O11. The molecule has 5 aliphatic carbocycles. The van der Waals surface area contributed by atoms with Gasteiger partial charge in [-0.25, -0.2) is 4.79 Å². The van der Waals surface area contributed by atoms with E-state index in [4.69, 9.17) is 23.4 Å². The van der Waals surface area contributed by atoms with Gasteiger partial charge in [-0.3, -0.25) is 9.59 Å². The highest BCUT2D eigenvalue weighted by Gasteiger charge is 2.95. The van der Waals surface area contributed by atoms with Crippen LogP contribution >= 0.6 is 0 Å². The van der Waals surface area contributed by atoms with Crippen LogP contribution in [0.2, 0.25) is 0 Å². The van der Waals surface area contributed by atoms with Crippen LogP contribution in [0.5, 0.6) is 0 Å². The van der Waals surface area contributed by atoms with Crippen molar-refractivity contribution >= 4 is 17.7 Å². The summed E-state index contributed by atoms with van der Waals surface area (Å²) in [5.41, 5.74) is -5.33. The van der Waals surface area contributed by atoms with Gasteiger partial charge < -0.3 is 49.3 Å². The van der Waals surface area contributed by atoms with Crippen molar-refractivity contribution in [1.29, 1.82) is 0 Å². The molecule has 5 aliphatic heterocycles. The van der Waals surface area contributed by atoms with Crippen LogP contribution < -0.4 is 10.6 Å². The van der Waals surface area contributed by atoms with Crippen LogP contribution in [0.15, 0.2) is 47.1 Å². The van der Waals surface area contributed by atoms with Crippen molar-refractivity contribution in [3.63, 3.8) is 0 Å². The number of esters is 2. The minimum absolute atomic E-state index is 0.00432. The van der Waals surface area contributed by atoms with Gasteiger partial charge in [0.1, 0.15) is 24.1 Å². The Labute approximate surface area is 418 Å². The number of carbonyl (C=O) groups excluding carboxylic acids is 3. The highest BCUT2D eigenvalue weighted by molar-refractivity contribution is 5.92. The number of hydrogen-bond acceptors (Lipinski definition) is 13. The minimum Gasteiger partial charge on any atom is -0.469 e. The molecule has 0 amide bonds. The smallest absolute Gasteiger partial charge is 0.339 e. The summed E-state index contributed by atoms with van der Waals surface area (Å²) in [6, 6.07) is 12.8. The molecule has 71 heavy (non-hydrogen) atoms. The number of Topliss-reactive ketones (excluding diaryl/α,β-unsaturated/α-hetero) is 1. The summed E-state index contributed by atoms with van der Waals surface area (Å²) in [7, 11) is 0. The van der Waals surface area contributed by atoms with E-state index in [1.807, 2.05) is 19.1 Å². The molecule has 5 saturated heterocycles. The first-order valence-corrected chi connectivity index (χ1v) is 27.5. The quantitative estimate of drug-likeness (QED) is 0.0923. The lowest BCUT2D eigenvalue weighted by Gasteiger charge is -2.71. The lowest BCUT2D eigenvalue weighted by Crippen LogP contribution is -2.81. The van der Waals surface area contributed by atoms with E-state index < -0.39 is 75.3 Å². The van der Waals surface area contributed by atoms with Gasteiger partial charge in [0.2, 0.25) is 0 Å². The van der Waals surface area contributed by atoms with Gasteiger partial charge in [0.25, 0.3) is 0 Å². The second-order valence-electron chi connectivity index (χ2n) is 25.0. The highest BCUT2D eigenvalue weighted by atomic mass is 16.7. The van der Waals surface area contributed by atoms with Crippen LogP contribution in [-0.2, 0) is 51.8 Å². The summed E-state index contributed by atoms with van der Waals surface area (Å²) in [5.74, 6) is 5.87. The fraction of sp³-hybridized carbons (Fsp3) is 0.741. The number of benzene rings is 1. The molecule has 384 valence electrons. The molecule has 17 unspecified atom stereocenters. The first-order valence-electron chi connectivity index (χ1n) is 27.5. The van der Waals surface area contributed by atoms with E-state index in [9.17, 15) is 20.1 Å². The van der Waals surface area contributed by atoms with Crippen molar-refractivity contribution in [1.82, 2.24) is 10.6 Å². The molecule has 6 heterocycles. The van der Waals surface area contributed by atoms with E-state index in [2.05, 4.69) is 67.5 Å². The Morgan fingerprint density at radius 1 is 0.972 bits per heavy atom. The number of hydrogen-bond donors (Lipinski definition) is 5. The highest BCUT2D eigenvalue weighted by Crippen LogP contribution is 2.84. The van der Waals surface area contributed by atoms with Crippen LogP contribution in [0.25, 0.3) is 0 Å². The first-order chi connectivity index (χ1) is 34.2. The van der Waals surface area contributed by atoms with Gasteiger partial charge in [-0.2, -0.15) is 0 Å². The molecular weight excluding hydrogens is 901 g/mol. The molecule has 3 spiro atoms. The van der Waals surface area contributed by atoms with Gasteiger partial charge in [0.05, 0.1) is 49.4 Å². The zero-order valence-electron chi connectivity index (χ0n) is 42.2. The molecule has 5 N–H and O–H groups in total. The Balaban J connectivity index is 1.01. The van der Waals surface area contributed by atoms with Gasteiger partial charge >= 0.3 is 11.9 Å². The standard InChI is InChI=1S/C58H76N2O11/c1-33(2)18-22-53(3)49-48(64)50(65)57-41-26-35(25-34-9-6-5-7-10-34)12-13-37(41)11-8-21-56(40-20-24-67-44(40)27-39(43(62)30-61)36-14-16-38(17-15-36)42-29-59-32-60-42)54(4,58(57)51(70-58)52(66)71-56)23-19-45(57)55(49)31-68-47(63)28-46(55)69-53/h5-7,9-10,20,24,33,35-39,41-43,45-46,49-51,59-62,65H,12-19,21-23,25-32H2,1-4H3. The summed E-state index contributed by atoms with van der Waals surface area (Å²) in [4.78, 5) is 45.1. The number of carbonyl (C=O) groups is 3. The van der Waals surface area contributed by atoms with Crippen molar-refractivity contribution in [2.45, 2.75) is 171 Å². The van der Waals surface area contributed by atoms with Crippen molar-refractivity contribution in [2.24, 2.45) is 69.5 Å². The van der Waals surface area contributed by atoms with Gasteiger partial charge in [0, 0.05) is 53.4 Å². The molecule has 13 nitrogen and oxygen atoms in total. The summed E-state index contributed by atoms with van der Waals surface area (Å²) in [6.45, 7) is 9.86. The molecule has 1 aromatic heterocycles. The number of aliphatic hydroxyl groups is 3. The molecule has 0 radical (unpaired) electrons. The maximum Gasteiger partial charge on any atom is 0.339 e. The predicted molar refractivity (Wildman–Crippen MR) is 260 cm³/mol. The monoisotopic (exact) mass is 977 g/mol. The predicted octanol–water partition coefficient (Wildman–Crippen LogP) is 6.18. The van der Waals surface area contributed by atoms with Crippen molar-refractivity contribution < 1.29 is 53.1 Å². The van der Waals surface area contributed by atoms with Gasteiger partial charge in [-0.1, -0.05) is 62.9 Å². The number of fused-ring (bicyclic) bond motifs is 1. The molecule has 4 saturated carbocycles. The van der Waals surface area contributed by atoms with Crippen molar-refractivity contribution in [3.05, 3.63) is 59.5 Å². The number of ketones is 1. The topological polar surface area (TPSA) is 189 Å². The van der Waals surface area contributed by atoms with Crippen molar-refractivity contribution in [3.8, 4) is 11.8 Å². The average molecular weight is 977 g/mol. The Hall–Kier alpha value is -3.61. The van der Waals surface area contributed by atoms with Crippen LogP contribution in [-0.4, -0.2) is 101 Å². The second-order valence-corrected chi connectivity index (χ2v) is 25.0. The van der Waals surface area contributed by atoms with Gasteiger partial charge in [0.15, 0.2) is 17.5 Å². The molecule has 17 atom stereocenters. The lowest BCUT2D eigenvalue weighted by molar-refractivity contribution is -0.295. The van der Waals surface area contributed by atoms with Crippen LogP contribution in [0.1, 0.15) is 128 Å². The van der Waals surface area contributed by atoms with Crippen LogP contribution in [0.4, 0.5) is 0 Å². The third-order valence-corrected chi connectivity index (χ3v) is 21.5. The third-order valence-electron chi connectivity index (χ3n) is 21.5. The van der Waals surface area contributed by atoms with E-state index in [0.717, 1.165) is 64.6 Å². The van der Waals surface area contributed by atoms with Gasteiger partial charge in [-0.05, 0) is 137 Å². The average Bonchev–Trinajstić information content (AvgIpc) is 3.62. The number of furan rings is 1. The summed E-state index contributed by atoms with van der Waals surface area (Å²) in [5, 5.41) is 43.2. The third kappa shape index (κ3) is 6.79. The van der Waals surface area contributed by atoms with Crippen LogP contribution in [0.3, 0.4) is 0 Å². The van der Waals surface area contributed by atoms with E-state index in [0.29, 0.717) is 61.3 Å². The Bertz CT molecular complexity index is 2450. The Morgan fingerprint density at radius 2 is 1.77 bits per heavy atom. The molecule has 12 rings (SSSR count). The van der Waals surface area contributed by atoms with Crippen LogP contribution in [0, 0.1) is 81.3 Å². The van der Waals surface area contributed by atoms with Crippen molar-refractivity contribution in [2.75, 3.05) is 26.4 Å². The van der Waals surface area contributed by atoms with E-state index in [-0.39, 0.29) is 67.4 Å². The SMILES string of the molecule is CC(C)CCC1(C)OC2CC(=O)OCC23C1C(=O)C(O)C12C4CC(Cc5ccccc5)CCC4C#CCC4(c5ccoc5CC(C(O)CO)C5CCC(C6CNCN6)CC5)OC(=O)C5OC51C4(C)CCC32. The molecule has 1 aromatic carbocycles. The minimum atomic E-state index is -1.55. The zero-order valence-corrected chi connectivity index (χ0v) is 42.2. The first kappa shape index (κ1) is 48.3. The summed E-state index contributed by atoms with van der Waals surface area (Å²) < 4.78 is 34.3. The van der Waals surface area contributed by atoms with E-state index in [1.165, 1.54) is 5.56 Å². The summed E-state index contributed by atoms with van der Waals surface area (Å²) in [6.07, 6.45) is 7.26. The molecule has 4 bridgehead atoms.